The SMILES string of the molecule is CCC(C)NC(=NC)NCC(C)(C)c1ccc(C)cc1. The Morgan fingerprint density at radius 3 is 2.35 bits per heavy atom. The van der Waals surface area contributed by atoms with Crippen molar-refractivity contribution < 1.29 is 0 Å². The van der Waals surface area contributed by atoms with E-state index >= 15 is 0 Å². The average molecular weight is 275 g/mol. The molecule has 112 valence electrons. The molecule has 0 aliphatic carbocycles. The summed E-state index contributed by atoms with van der Waals surface area (Å²) in [4.78, 5) is 4.28. The molecule has 0 amide bonds. The summed E-state index contributed by atoms with van der Waals surface area (Å²) in [5, 5.41) is 6.82. The highest BCUT2D eigenvalue weighted by molar-refractivity contribution is 5.80. The maximum atomic E-state index is 4.28. The number of nitrogens with zero attached hydrogens (tertiary/aromatic N) is 1. The number of rotatable bonds is 5. The highest BCUT2D eigenvalue weighted by Crippen LogP contribution is 2.22. The first kappa shape index (κ1) is 16.5. The van der Waals surface area contributed by atoms with Gasteiger partial charge in [0.1, 0.15) is 0 Å². The van der Waals surface area contributed by atoms with Gasteiger partial charge in [-0.25, -0.2) is 0 Å². The highest BCUT2D eigenvalue weighted by atomic mass is 15.2. The van der Waals surface area contributed by atoms with Gasteiger partial charge in [-0.1, -0.05) is 50.6 Å². The van der Waals surface area contributed by atoms with Crippen LogP contribution >= 0.6 is 0 Å². The highest BCUT2D eigenvalue weighted by Gasteiger charge is 2.20. The van der Waals surface area contributed by atoms with Crippen LogP contribution in [0.4, 0.5) is 0 Å². The number of aliphatic imine (C=N–C) groups is 1. The third kappa shape index (κ3) is 4.87. The van der Waals surface area contributed by atoms with Crippen LogP contribution in [0.1, 0.15) is 45.2 Å². The minimum absolute atomic E-state index is 0.0702. The summed E-state index contributed by atoms with van der Waals surface area (Å²) in [6.45, 7) is 11.8. The molecule has 0 spiro atoms. The zero-order valence-corrected chi connectivity index (χ0v) is 13.7. The lowest BCUT2D eigenvalue weighted by Gasteiger charge is -2.27. The van der Waals surface area contributed by atoms with Crippen LogP contribution in [0.5, 0.6) is 0 Å². The van der Waals surface area contributed by atoms with Crippen LogP contribution in [0.3, 0.4) is 0 Å². The molecule has 0 bridgehead atoms. The van der Waals surface area contributed by atoms with Crippen LogP contribution in [-0.4, -0.2) is 25.6 Å². The number of hydrogen-bond acceptors (Lipinski definition) is 1. The number of nitrogens with one attached hydrogen (secondary N) is 2. The first-order chi connectivity index (χ1) is 9.39. The van der Waals surface area contributed by atoms with Crippen molar-refractivity contribution in [2.45, 2.75) is 52.5 Å². The smallest absolute Gasteiger partial charge is 0.191 e. The van der Waals surface area contributed by atoms with Gasteiger partial charge in [0.05, 0.1) is 0 Å². The molecule has 1 rings (SSSR count). The molecule has 0 aliphatic rings. The first-order valence-electron chi connectivity index (χ1n) is 7.43. The van der Waals surface area contributed by atoms with Gasteiger partial charge >= 0.3 is 0 Å². The summed E-state index contributed by atoms with van der Waals surface area (Å²) in [6.07, 6.45) is 1.09. The third-order valence-corrected chi connectivity index (χ3v) is 3.75. The molecule has 0 fully saturated rings. The van der Waals surface area contributed by atoms with Gasteiger partial charge < -0.3 is 10.6 Å². The molecule has 0 aromatic heterocycles. The Hall–Kier alpha value is -1.51. The molecule has 1 aromatic carbocycles. The van der Waals surface area contributed by atoms with Crippen LogP contribution in [0.15, 0.2) is 29.3 Å². The number of aryl methyl sites for hydroxylation is 1. The first-order valence-corrected chi connectivity index (χ1v) is 7.43. The van der Waals surface area contributed by atoms with Crippen molar-refractivity contribution in [3.05, 3.63) is 35.4 Å². The standard InChI is InChI=1S/C17H29N3/c1-7-14(3)20-16(18-6)19-12-17(4,5)15-10-8-13(2)9-11-15/h8-11,14H,7,12H2,1-6H3,(H2,18,19,20). The molecule has 1 atom stereocenters. The van der Waals surface area contributed by atoms with Crippen LogP contribution in [0.25, 0.3) is 0 Å². The summed E-state index contributed by atoms with van der Waals surface area (Å²) < 4.78 is 0. The quantitative estimate of drug-likeness (QED) is 0.639. The lowest BCUT2D eigenvalue weighted by Crippen LogP contribution is -2.46. The normalized spacial score (nSPS) is 14.0. The summed E-state index contributed by atoms with van der Waals surface area (Å²) >= 11 is 0. The predicted octanol–water partition coefficient (Wildman–Crippen LogP) is 3.24. The van der Waals surface area contributed by atoms with Gasteiger partial charge in [0.15, 0.2) is 5.96 Å². The topological polar surface area (TPSA) is 36.4 Å². The molecule has 0 saturated heterocycles. The monoisotopic (exact) mass is 275 g/mol. The van der Waals surface area contributed by atoms with E-state index in [1.807, 2.05) is 7.05 Å². The van der Waals surface area contributed by atoms with Gasteiger partial charge in [0.25, 0.3) is 0 Å². The summed E-state index contributed by atoms with van der Waals surface area (Å²) in [5.41, 5.74) is 2.71. The van der Waals surface area contributed by atoms with Gasteiger partial charge in [0.2, 0.25) is 0 Å². The lowest BCUT2D eigenvalue weighted by molar-refractivity contribution is 0.504. The molecule has 3 heteroatoms. The zero-order valence-electron chi connectivity index (χ0n) is 13.7. The lowest BCUT2D eigenvalue weighted by atomic mass is 9.84. The van der Waals surface area contributed by atoms with Crippen molar-refractivity contribution in [3.63, 3.8) is 0 Å². The summed E-state index contributed by atoms with van der Waals surface area (Å²) in [5.74, 6) is 0.875. The van der Waals surface area contributed by atoms with E-state index in [0.717, 1.165) is 18.9 Å². The number of benzene rings is 1. The van der Waals surface area contributed by atoms with Gasteiger partial charge in [-0.3, -0.25) is 4.99 Å². The maximum absolute atomic E-state index is 4.28. The van der Waals surface area contributed by atoms with E-state index in [4.69, 9.17) is 0 Å². The molecule has 0 aliphatic heterocycles. The summed E-state index contributed by atoms with van der Waals surface area (Å²) in [6, 6.07) is 9.19. The molecule has 2 N–H and O–H groups in total. The van der Waals surface area contributed by atoms with Crippen molar-refractivity contribution in [3.8, 4) is 0 Å². The zero-order chi connectivity index (χ0) is 15.2. The largest absolute Gasteiger partial charge is 0.356 e. The second kappa shape index (κ2) is 7.32. The fraction of sp³-hybridized carbons (Fsp3) is 0.588. The fourth-order valence-corrected chi connectivity index (χ4v) is 1.94. The van der Waals surface area contributed by atoms with Crippen LogP contribution < -0.4 is 10.6 Å². The van der Waals surface area contributed by atoms with E-state index in [2.05, 4.69) is 74.5 Å². The van der Waals surface area contributed by atoms with Crippen molar-refractivity contribution >= 4 is 5.96 Å². The molecule has 20 heavy (non-hydrogen) atoms. The third-order valence-electron chi connectivity index (χ3n) is 3.75. The van der Waals surface area contributed by atoms with Crippen LogP contribution in [0.2, 0.25) is 0 Å². The Bertz CT molecular complexity index is 432. The van der Waals surface area contributed by atoms with Crippen LogP contribution in [0, 0.1) is 6.92 Å². The van der Waals surface area contributed by atoms with E-state index in [-0.39, 0.29) is 5.41 Å². The molecule has 1 aromatic rings. The van der Waals surface area contributed by atoms with E-state index < -0.39 is 0 Å². The Balaban J connectivity index is 2.64. The molecule has 0 saturated carbocycles. The molecule has 0 radical (unpaired) electrons. The average Bonchev–Trinajstić information content (AvgIpc) is 2.43. The second-order valence-corrected chi connectivity index (χ2v) is 6.13. The fourth-order valence-electron chi connectivity index (χ4n) is 1.94. The van der Waals surface area contributed by atoms with Crippen molar-refractivity contribution in [1.29, 1.82) is 0 Å². The molecule has 3 nitrogen and oxygen atoms in total. The van der Waals surface area contributed by atoms with E-state index in [0.29, 0.717) is 6.04 Å². The van der Waals surface area contributed by atoms with Gasteiger partial charge in [-0.05, 0) is 25.8 Å². The van der Waals surface area contributed by atoms with E-state index in [9.17, 15) is 0 Å². The van der Waals surface area contributed by atoms with Crippen molar-refractivity contribution in [1.82, 2.24) is 10.6 Å². The minimum atomic E-state index is 0.0702. The molecule has 0 heterocycles. The van der Waals surface area contributed by atoms with E-state index in [1.54, 1.807) is 0 Å². The number of hydrogen-bond donors (Lipinski definition) is 2. The Morgan fingerprint density at radius 2 is 1.85 bits per heavy atom. The van der Waals surface area contributed by atoms with Crippen molar-refractivity contribution in [2.75, 3.05) is 13.6 Å². The molecular formula is C17H29N3. The molecular weight excluding hydrogens is 246 g/mol. The van der Waals surface area contributed by atoms with Crippen molar-refractivity contribution in [2.24, 2.45) is 4.99 Å². The van der Waals surface area contributed by atoms with Gasteiger partial charge in [-0.15, -0.1) is 0 Å². The Kier molecular flexibility index (Phi) is 6.05. The minimum Gasteiger partial charge on any atom is -0.356 e. The van der Waals surface area contributed by atoms with Gasteiger partial charge in [-0.2, -0.15) is 0 Å². The van der Waals surface area contributed by atoms with Crippen LogP contribution in [-0.2, 0) is 5.41 Å². The summed E-state index contributed by atoms with van der Waals surface area (Å²) in [7, 11) is 1.82. The number of guanidine groups is 1. The predicted molar refractivity (Wildman–Crippen MR) is 88.5 cm³/mol. The Labute approximate surface area is 123 Å². The Morgan fingerprint density at radius 1 is 1.25 bits per heavy atom. The molecule has 1 unspecified atom stereocenters. The second-order valence-electron chi connectivity index (χ2n) is 6.13. The van der Waals surface area contributed by atoms with Gasteiger partial charge in [0, 0.05) is 25.0 Å². The van der Waals surface area contributed by atoms with E-state index in [1.165, 1.54) is 11.1 Å². The maximum Gasteiger partial charge on any atom is 0.191 e.